The third kappa shape index (κ3) is 4.90. The minimum atomic E-state index is -0.631. The van der Waals surface area contributed by atoms with Crippen LogP contribution in [0.5, 0.6) is 5.75 Å². The number of hydrogen-bond donors (Lipinski definition) is 0. The van der Waals surface area contributed by atoms with Gasteiger partial charge in [0.25, 0.3) is 0 Å². The maximum absolute atomic E-state index is 14.5. The van der Waals surface area contributed by atoms with Crippen LogP contribution < -0.4 is 9.38 Å². The maximum Gasteiger partial charge on any atom is 0.344 e. The summed E-state index contributed by atoms with van der Waals surface area (Å²) in [6.45, 7) is 5.69. The summed E-state index contributed by atoms with van der Waals surface area (Å²) in [7, 11) is 0. The zero-order chi connectivity index (χ0) is 23.5. The molecule has 2 aliphatic carbocycles. The van der Waals surface area contributed by atoms with Crippen molar-refractivity contribution in [2.24, 2.45) is 0 Å². The maximum atomic E-state index is 14.5. The number of carbonyl (C=O) groups excluding carboxylic acids is 1. The van der Waals surface area contributed by atoms with Crippen molar-refractivity contribution in [3.05, 3.63) is 82.7 Å². The highest BCUT2D eigenvalue weighted by Crippen LogP contribution is 2.43. The molecule has 1 unspecified atom stereocenters. The van der Waals surface area contributed by atoms with E-state index in [9.17, 15) is 10.0 Å². The first kappa shape index (κ1) is 23.3. The van der Waals surface area contributed by atoms with E-state index in [0.717, 1.165) is 48.9 Å². The minimum Gasteiger partial charge on any atom is -0.617 e. The first-order valence-electron chi connectivity index (χ1n) is 11.8. The Kier molecular flexibility index (Phi) is 6.73. The van der Waals surface area contributed by atoms with Crippen LogP contribution in [0, 0.1) is 19.1 Å². The molecule has 0 radical (unpaired) electrons. The summed E-state index contributed by atoms with van der Waals surface area (Å²) in [6, 6.07) is 13.2. The van der Waals surface area contributed by atoms with Crippen LogP contribution in [0.1, 0.15) is 56.6 Å². The van der Waals surface area contributed by atoms with E-state index in [1.54, 1.807) is 0 Å². The van der Waals surface area contributed by atoms with E-state index in [4.69, 9.17) is 9.47 Å². The largest absolute Gasteiger partial charge is 0.617 e. The summed E-state index contributed by atoms with van der Waals surface area (Å²) in [5, 5.41) is 14.5. The van der Waals surface area contributed by atoms with E-state index >= 15 is 0 Å². The van der Waals surface area contributed by atoms with E-state index in [1.165, 1.54) is 0 Å². The summed E-state index contributed by atoms with van der Waals surface area (Å²) in [5.74, 6) is 0.282. The Labute approximate surface area is 196 Å². The number of esters is 1. The van der Waals surface area contributed by atoms with Gasteiger partial charge < -0.3 is 14.7 Å². The van der Waals surface area contributed by atoms with Gasteiger partial charge in [0.05, 0.1) is 0 Å². The number of hydroxylamine groups is 1. The summed E-state index contributed by atoms with van der Waals surface area (Å²) >= 11 is 0. The van der Waals surface area contributed by atoms with Crippen LogP contribution in [-0.2, 0) is 9.53 Å². The normalized spacial score (nSPS) is 19.0. The molecule has 2 aromatic rings. The van der Waals surface area contributed by atoms with Crippen molar-refractivity contribution in [2.45, 2.75) is 64.9 Å². The van der Waals surface area contributed by atoms with E-state index < -0.39 is 4.65 Å². The molecule has 1 saturated carbocycles. The van der Waals surface area contributed by atoms with Gasteiger partial charge in [-0.15, -0.1) is 0 Å². The van der Waals surface area contributed by atoms with Gasteiger partial charge in [0.1, 0.15) is 28.4 Å². The predicted molar refractivity (Wildman–Crippen MR) is 132 cm³/mol. The summed E-state index contributed by atoms with van der Waals surface area (Å²) in [5.41, 5.74) is 3.37. The molecule has 2 aromatic carbocycles. The van der Waals surface area contributed by atoms with Gasteiger partial charge in [-0.05, 0) is 70.1 Å². The molecule has 0 heterocycles. The number of aryl methyl sites for hydroxylation is 2. The van der Waals surface area contributed by atoms with Crippen LogP contribution in [0.25, 0.3) is 0 Å². The van der Waals surface area contributed by atoms with Gasteiger partial charge in [0.2, 0.25) is 0 Å². The standard InChI is InChI=1S/C28H33NO4/c1-21-18-25(29(31,23-12-6-4-7-13-23)24-14-8-5-9-15-24)19-22(2)27(21)32-20-26(30)33-28(3)16-10-11-17-28/h4-8,12-14,18-19H,9-11,15-17,20H2,1-3H3. The number of rotatable bonds is 7. The van der Waals surface area contributed by atoms with Crippen molar-refractivity contribution in [2.75, 3.05) is 6.61 Å². The number of allylic oxidation sites excluding steroid dienone is 4. The molecule has 0 amide bonds. The molecule has 4 rings (SSSR count). The smallest absolute Gasteiger partial charge is 0.344 e. The topological polar surface area (TPSA) is 58.6 Å². The SMILES string of the molecule is Cc1cc([N+]([O-])(C2=CC=CCC2)c2ccccc2)cc(C)c1OCC(=O)OC1(C)CCCC1. The molecule has 0 bridgehead atoms. The van der Waals surface area contributed by atoms with E-state index in [-0.39, 0.29) is 18.2 Å². The van der Waals surface area contributed by atoms with Gasteiger partial charge in [-0.2, -0.15) is 0 Å². The Morgan fingerprint density at radius 2 is 1.73 bits per heavy atom. The third-order valence-electron chi connectivity index (χ3n) is 6.68. The predicted octanol–water partition coefficient (Wildman–Crippen LogP) is 6.93. The van der Waals surface area contributed by atoms with Gasteiger partial charge in [0.15, 0.2) is 6.61 Å². The fourth-order valence-electron chi connectivity index (χ4n) is 4.97. The number of hydrogen-bond acceptors (Lipinski definition) is 4. The summed E-state index contributed by atoms with van der Waals surface area (Å²) in [4.78, 5) is 12.4. The first-order valence-corrected chi connectivity index (χ1v) is 11.8. The number of nitrogens with zero attached hydrogens (tertiary/aromatic N) is 1. The van der Waals surface area contributed by atoms with E-state index in [1.807, 2.05) is 75.4 Å². The second-order valence-corrected chi connectivity index (χ2v) is 9.40. The number of carbonyl (C=O) groups is 1. The monoisotopic (exact) mass is 447 g/mol. The van der Waals surface area contributed by atoms with E-state index in [0.29, 0.717) is 23.5 Å². The van der Waals surface area contributed by atoms with Gasteiger partial charge in [0, 0.05) is 30.7 Å². The lowest BCUT2D eigenvalue weighted by Gasteiger charge is -2.43. The zero-order valence-electron chi connectivity index (χ0n) is 19.8. The Morgan fingerprint density at radius 3 is 2.33 bits per heavy atom. The zero-order valence-corrected chi connectivity index (χ0v) is 19.8. The first-order chi connectivity index (χ1) is 15.8. The molecule has 0 aliphatic heterocycles. The van der Waals surface area contributed by atoms with Crippen molar-refractivity contribution in [3.8, 4) is 5.75 Å². The number of ether oxygens (including phenoxy) is 2. The van der Waals surface area contributed by atoms with Crippen LogP contribution in [0.15, 0.2) is 66.4 Å². The molecule has 0 saturated heterocycles. The van der Waals surface area contributed by atoms with Crippen LogP contribution >= 0.6 is 0 Å². The fourth-order valence-corrected chi connectivity index (χ4v) is 4.97. The van der Waals surface area contributed by atoms with Crippen molar-refractivity contribution < 1.29 is 14.3 Å². The van der Waals surface area contributed by atoms with Crippen molar-refractivity contribution >= 4 is 17.3 Å². The van der Waals surface area contributed by atoms with Gasteiger partial charge in [-0.1, -0.05) is 30.4 Å². The van der Waals surface area contributed by atoms with Crippen molar-refractivity contribution in [1.82, 2.24) is 4.65 Å². The van der Waals surface area contributed by atoms with Gasteiger partial charge >= 0.3 is 5.97 Å². The Morgan fingerprint density at radius 1 is 1.06 bits per heavy atom. The molecule has 0 aromatic heterocycles. The van der Waals surface area contributed by atoms with Crippen LogP contribution in [-0.4, -0.2) is 18.2 Å². The second-order valence-electron chi connectivity index (χ2n) is 9.40. The molecule has 33 heavy (non-hydrogen) atoms. The van der Waals surface area contributed by atoms with Crippen LogP contribution in [0.4, 0.5) is 11.4 Å². The average Bonchev–Trinajstić information content (AvgIpc) is 3.24. The number of para-hydroxylation sites is 1. The van der Waals surface area contributed by atoms with Crippen LogP contribution in [0.2, 0.25) is 0 Å². The quantitative estimate of drug-likeness (QED) is 0.262. The summed E-state index contributed by atoms with van der Waals surface area (Å²) < 4.78 is 10.9. The minimum absolute atomic E-state index is 0.136. The van der Waals surface area contributed by atoms with Crippen LogP contribution in [0.3, 0.4) is 0 Å². The molecule has 0 spiro atoms. The molecule has 1 fully saturated rings. The molecule has 174 valence electrons. The molecule has 0 N–H and O–H groups in total. The summed E-state index contributed by atoms with van der Waals surface area (Å²) in [6.07, 6.45) is 11.5. The lowest BCUT2D eigenvalue weighted by atomic mass is 10.0. The lowest BCUT2D eigenvalue weighted by Crippen LogP contribution is -2.37. The molecular weight excluding hydrogens is 414 g/mol. The lowest BCUT2D eigenvalue weighted by molar-refractivity contribution is -0.159. The van der Waals surface area contributed by atoms with Gasteiger partial charge in [-0.3, -0.25) is 4.65 Å². The Bertz CT molecular complexity index is 1040. The molecular formula is C28H33NO4. The van der Waals surface area contributed by atoms with Crippen molar-refractivity contribution in [3.63, 3.8) is 0 Å². The van der Waals surface area contributed by atoms with E-state index in [2.05, 4.69) is 6.08 Å². The highest BCUT2D eigenvalue weighted by Gasteiger charge is 2.33. The van der Waals surface area contributed by atoms with Crippen molar-refractivity contribution in [1.29, 1.82) is 0 Å². The number of benzene rings is 2. The molecule has 1 atom stereocenters. The third-order valence-corrected chi connectivity index (χ3v) is 6.68. The molecule has 5 heteroatoms. The highest BCUT2D eigenvalue weighted by molar-refractivity contribution is 5.72. The molecule has 5 nitrogen and oxygen atoms in total. The average molecular weight is 448 g/mol. The highest BCUT2D eigenvalue weighted by atomic mass is 16.6. The fraction of sp³-hybridized carbons (Fsp3) is 0.393. The molecule has 2 aliphatic rings. The Hall–Kier alpha value is -2.89. The Balaban J connectivity index is 1.60. The number of quaternary nitrogens is 1. The van der Waals surface area contributed by atoms with Gasteiger partial charge in [-0.25, -0.2) is 4.79 Å². The second kappa shape index (κ2) is 9.54.